The molecule has 2 bridgehead atoms. The van der Waals surface area contributed by atoms with Crippen molar-refractivity contribution in [3.05, 3.63) is 34.4 Å². The van der Waals surface area contributed by atoms with Gasteiger partial charge in [0.1, 0.15) is 0 Å². The van der Waals surface area contributed by atoms with Crippen molar-refractivity contribution in [3.63, 3.8) is 0 Å². The van der Waals surface area contributed by atoms with E-state index in [0.29, 0.717) is 18.9 Å². The molecule has 2 aliphatic carbocycles. The van der Waals surface area contributed by atoms with Crippen molar-refractivity contribution < 1.29 is 19.1 Å². The number of carbonyl (C=O) groups is 2. The Bertz CT molecular complexity index is 670. The maximum absolute atomic E-state index is 12.7. The fourth-order valence-electron chi connectivity index (χ4n) is 4.82. The second kappa shape index (κ2) is 6.81. The van der Waals surface area contributed by atoms with Gasteiger partial charge in [0, 0.05) is 12.3 Å². The van der Waals surface area contributed by atoms with Crippen LogP contribution in [0.5, 0.6) is 0 Å². The van der Waals surface area contributed by atoms with E-state index in [-0.39, 0.29) is 24.3 Å². The molecule has 2 fully saturated rings. The van der Waals surface area contributed by atoms with Crippen molar-refractivity contribution >= 4 is 11.9 Å². The van der Waals surface area contributed by atoms with Crippen molar-refractivity contribution in [1.29, 1.82) is 0 Å². The first-order valence-corrected chi connectivity index (χ1v) is 9.31. The predicted octanol–water partition coefficient (Wildman–Crippen LogP) is 3.82. The van der Waals surface area contributed by atoms with Crippen LogP contribution in [-0.4, -0.2) is 24.1 Å². The molecule has 25 heavy (non-hydrogen) atoms. The van der Waals surface area contributed by atoms with Crippen LogP contribution in [0, 0.1) is 32.6 Å². The first-order chi connectivity index (χ1) is 11.9. The Hall–Kier alpha value is -1.84. The average molecular weight is 344 g/mol. The molecule has 4 nitrogen and oxygen atoms in total. The molecule has 1 aromatic carbocycles. The van der Waals surface area contributed by atoms with Gasteiger partial charge in [-0.2, -0.15) is 0 Å². The minimum atomic E-state index is -1.05. The number of hydrogen-bond donors (Lipinski definition) is 0. The fourth-order valence-corrected chi connectivity index (χ4v) is 4.82. The molecular weight excluding hydrogens is 316 g/mol. The SMILES string of the molecule is CCOC(=O)C1(OC(=O)Cc2c(C)cc(C)cc2C)CC2CCC1C2. The Labute approximate surface area is 149 Å². The van der Waals surface area contributed by atoms with E-state index >= 15 is 0 Å². The van der Waals surface area contributed by atoms with Crippen LogP contribution in [0.25, 0.3) is 0 Å². The third kappa shape index (κ3) is 3.31. The minimum absolute atomic E-state index is 0.112. The summed E-state index contributed by atoms with van der Waals surface area (Å²) in [5.74, 6) is -0.0886. The lowest BCUT2D eigenvalue weighted by atomic mass is 9.83. The summed E-state index contributed by atoms with van der Waals surface area (Å²) in [4.78, 5) is 25.3. The van der Waals surface area contributed by atoms with Crippen LogP contribution in [0.4, 0.5) is 0 Å². The number of rotatable bonds is 5. The van der Waals surface area contributed by atoms with Gasteiger partial charge in [-0.25, -0.2) is 4.79 Å². The van der Waals surface area contributed by atoms with E-state index in [9.17, 15) is 9.59 Å². The normalized spacial score (nSPS) is 27.4. The zero-order valence-corrected chi connectivity index (χ0v) is 15.7. The lowest BCUT2D eigenvalue weighted by Crippen LogP contribution is -2.49. The highest BCUT2D eigenvalue weighted by atomic mass is 16.6. The van der Waals surface area contributed by atoms with Gasteiger partial charge < -0.3 is 9.47 Å². The predicted molar refractivity (Wildman–Crippen MR) is 95.3 cm³/mol. The summed E-state index contributed by atoms with van der Waals surface area (Å²) < 4.78 is 11.2. The van der Waals surface area contributed by atoms with Gasteiger partial charge in [0.05, 0.1) is 13.0 Å². The molecule has 0 aromatic heterocycles. The van der Waals surface area contributed by atoms with Gasteiger partial charge in [-0.3, -0.25) is 4.79 Å². The molecule has 136 valence electrons. The molecule has 0 radical (unpaired) electrons. The summed E-state index contributed by atoms with van der Waals surface area (Å²) in [5.41, 5.74) is 3.31. The summed E-state index contributed by atoms with van der Waals surface area (Å²) in [6.07, 6.45) is 3.86. The van der Waals surface area contributed by atoms with Gasteiger partial charge in [-0.1, -0.05) is 17.7 Å². The second-order valence-corrected chi connectivity index (χ2v) is 7.72. The number of fused-ring (bicyclic) bond motifs is 2. The Morgan fingerprint density at radius 3 is 2.36 bits per heavy atom. The number of ether oxygens (including phenoxy) is 2. The molecule has 4 heteroatoms. The van der Waals surface area contributed by atoms with Crippen molar-refractivity contribution in [1.82, 2.24) is 0 Å². The molecule has 0 saturated heterocycles. The molecule has 3 unspecified atom stereocenters. The molecule has 0 spiro atoms. The smallest absolute Gasteiger partial charge is 0.350 e. The molecule has 3 atom stereocenters. The van der Waals surface area contributed by atoms with E-state index in [1.54, 1.807) is 6.92 Å². The molecule has 0 aliphatic heterocycles. The molecule has 1 aromatic rings. The lowest BCUT2D eigenvalue weighted by molar-refractivity contribution is -0.189. The number of esters is 2. The summed E-state index contributed by atoms with van der Waals surface area (Å²) in [6.45, 7) is 8.18. The van der Waals surface area contributed by atoms with E-state index in [1.165, 1.54) is 5.56 Å². The molecule has 0 N–H and O–H groups in total. The van der Waals surface area contributed by atoms with Crippen molar-refractivity contribution in [2.45, 2.75) is 65.4 Å². The first kappa shape index (κ1) is 18.0. The fraction of sp³-hybridized carbons (Fsp3) is 0.619. The highest BCUT2D eigenvalue weighted by Crippen LogP contribution is 2.53. The zero-order valence-electron chi connectivity index (χ0n) is 15.7. The van der Waals surface area contributed by atoms with E-state index in [1.807, 2.05) is 20.8 Å². The van der Waals surface area contributed by atoms with Gasteiger partial charge in [0.15, 0.2) is 0 Å². The molecule has 0 heterocycles. The van der Waals surface area contributed by atoms with Gasteiger partial charge >= 0.3 is 11.9 Å². The quantitative estimate of drug-likeness (QED) is 0.762. The Kier molecular flexibility index (Phi) is 4.90. The van der Waals surface area contributed by atoms with Crippen molar-refractivity contribution in [3.8, 4) is 0 Å². The largest absolute Gasteiger partial charge is 0.463 e. The Morgan fingerprint density at radius 1 is 1.16 bits per heavy atom. The van der Waals surface area contributed by atoms with Crippen LogP contribution in [0.2, 0.25) is 0 Å². The third-order valence-electron chi connectivity index (χ3n) is 5.87. The number of aryl methyl sites for hydroxylation is 3. The maximum Gasteiger partial charge on any atom is 0.350 e. The minimum Gasteiger partial charge on any atom is -0.463 e. The third-order valence-corrected chi connectivity index (χ3v) is 5.87. The van der Waals surface area contributed by atoms with Crippen LogP contribution in [-0.2, 0) is 25.5 Å². The van der Waals surface area contributed by atoms with E-state index < -0.39 is 5.60 Å². The number of carbonyl (C=O) groups excluding carboxylic acids is 2. The standard InChI is InChI=1S/C21H28O4/c1-5-24-20(23)21(12-16-6-7-17(21)10-16)25-19(22)11-18-14(3)8-13(2)9-15(18)4/h8-9,16-17H,5-7,10-12H2,1-4H3. The first-order valence-electron chi connectivity index (χ1n) is 9.31. The number of hydrogen-bond acceptors (Lipinski definition) is 4. The van der Waals surface area contributed by atoms with Crippen LogP contribution < -0.4 is 0 Å². The Morgan fingerprint density at radius 2 is 1.84 bits per heavy atom. The molecular formula is C21H28O4. The summed E-state index contributed by atoms with van der Waals surface area (Å²) in [6, 6.07) is 4.16. The number of benzene rings is 1. The summed E-state index contributed by atoms with van der Waals surface area (Å²) in [5, 5.41) is 0. The van der Waals surface area contributed by atoms with Gasteiger partial charge in [-0.15, -0.1) is 0 Å². The van der Waals surface area contributed by atoms with Gasteiger partial charge in [-0.05, 0) is 69.6 Å². The molecule has 2 aliphatic rings. The average Bonchev–Trinajstić information content (AvgIpc) is 3.12. The molecule has 0 amide bonds. The van der Waals surface area contributed by atoms with E-state index in [0.717, 1.165) is 36.0 Å². The van der Waals surface area contributed by atoms with Crippen LogP contribution in [0.15, 0.2) is 12.1 Å². The zero-order chi connectivity index (χ0) is 18.2. The maximum atomic E-state index is 12.7. The van der Waals surface area contributed by atoms with Crippen LogP contribution >= 0.6 is 0 Å². The molecule has 3 rings (SSSR count). The van der Waals surface area contributed by atoms with Gasteiger partial charge in [0.25, 0.3) is 0 Å². The molecule has 2 saturated carbocycles. The summed E-state index contributed by atoms with van der Waals surface area (Å²) in [7, 11) is 0. The summed E-state index contributed by atoms with van der Waals surface area (Å²) >= 11 is 0. The van der Waals surface area contributed by atoms with Crippen LogP contribution in [0.1, 0.15) is 54.9 Å². The highest BCUT2D eigenvalue weighted by molar-refractivity contribution is 5.85. The highest BCUT2D eigenvalue weighted by Gasteiger charge is 2.59. The van der Waals surface area contributed by atoms with E-state index in [2.05, 4.69) is 12.1 Å². The second-order valence-electron chi connectivity index (χ2n) is 7.72. The topological polar surface area (TPSA) is 52.6 Å². The van der Waals surface area contributed by atoms with Crippen LogP contribution in [0.3, 0.4) is 0 Å². The van der Waals surface area contributed by atoms with Crippen molar-refractivity contribution in [2.75, 3.05) is 6.61 Å². The monoisotopic (exact) mass is 344 g/mol. The Balaban J connectivity index is 1.79. The lowest BCUT2D eigenvalue weighted by Gasteiger charge is -2.34. The van der Waals surface area contributed by atoms with E-state index in [4.69, 9.17) is 9.47 Å². The van der Waals surface area contributed by atoms with Gasteiger partial charge in [0.2, 0.25) is 5.60 Å². The van der Waals surface area contributed by atoms with Crippen molar-refractivity contribution in [2.24, 2.45) is 11.8 Å².